The maximum atomic E-state index is 11.9. The van der Waals surface area contributed by atoms with Crippen molar-refractivity contribution in [2.75, 3.05) is 0 Å². The van der Waals surface area contributed by atoms with E-state index in [1.807, 2.05) is 37.3 Å². The molecule has 0 aliphatic rings. The van der Waals surface area contributed by atoms with E-state index in [0.29, 0.717) is 5.56 Å². The summed E-state index contributed by atoms with van der Waals surface area (Å²) in [6.45, 7) is 1.87. The Hall–Kier alpha value is -1.74. The number of allylic oxidation sites excluding steroid dienone is 1. The molecule has 1 aromatic heterocycles. The lowest BCUT2D eigenvalue weighted by Gasteiger charge is -1.97. The Balaban J connectivity index is 2.14. The Bertz CT molecular complexity index is 588. The second-order valence-electron chi connectivity index (χ2n) is 3.94. The van der Waals surface area contributed by atoms with Crippen molar-refractivity contribution in [2.45, 2.75) is 6.92 Å². The third-order valence-corrected chi connectivity index (χ3v) is 3.01. The van der Waals surface area contributed by atoms with E-state index < -0.39 is 0 Å². The molecule has 1 aromatic carbocycles. The quantitative estimate of drug-likeness (QED) is 0.632. The molecule has 0 radical (unpaired) electrons. The Labute approximate surface area is 115 Å². The number of aromatic nitrogens is 1. The van der Waals surface area contributed by atoms with Gasteiger partial charge in [0, 0.05) is 21.9 Å². The summed E-state index contributed by atoms with van der Waals surface area (Å²) in [5.74, 6) is -0.0107. The molecule has 0 amide bonds. The summed E-state index contributed by atoms with van der Waals surface area (Å²) in [5, 5.41) is 0. The van der Waals surface area contributed by atoms with Crippen LogP contribution in [0.1, 0.15) is 21.6 Å². The predicted octanol–water partition coefficient (Wildman–Crippen LogP) is 4.05. The molecule has 0 aliphatic carbocycles. The highest BCUT2D eigenvalue weighted by Gasteiger charge is 2.01. The number of benzene rings is 1. The van der Waals surface area contributed by atoms with Gasteiger partial charge in [0.2, 0.25) is 0 Å². The Morgan fingerprint density at radius 1 is 1.22 bits per heavy atom. The molecule has 0 bridgehead atoms. The number of aryl methyl sites for hydroxylation is 1. The fourth-order valence-electron chi connectivity index (χ4n) is 1.54. The average molecular weight is 302 g/mol. The summed E-state index contributed by atoms with van der Waals surface area (Å²) in [7, 11) is 0. The molecule has 0 fully saturated rings. The summed E-state index contributed by atoms with van der Waals surface area (Å²) >= 11 is 3.37. The molecule has 3 heteroatoms. The van der Waals surface area contributed by atoms with Gasteiger partial charge in [-0.25, -0.2) is 0 Å². The number of nitrogens with zero attached hydrogens (tertiary/aromatic N) is 1. The fraction of sp³-hybridized carbons (Fsp3) is 0.0667. The van der Waals surface area contributed by atoms with Crippen molar-refractivity contribution in [3.63, 3.8) is 0 Å². The second-order valence-corrected chi connectivity index (χ2v) is 4.85. The Morgan fingerprint density at radius 3 is 2.61 bits per heavy atom. The maximum absolute atomic E-state index is 11.9. The molecule has 0 spiro atoms. The number of ketones is 1. The summed E-state index contributed by atoms with van der Waals surface area (Å²) in [6, 6.07) is 11.3. The molecule has 2 rings (SSSR count). The van der Waals surface area contributed by atoms with Crippen molar-refractivity contribution in [3.8, 4) is 0 Å². The van der Waals surface area contributed by atoms with Crippen molar-refractivity contribution in [1.82, 2.24) is 4.98 Å². The molecule has 0 unspecified atom stereocenters. The molecule has 0 atom stereocenters. The van der Waals surface area contributed by atoms with Gasteiger partial charge in [0.15, 0.2) is 5.78 Å². The first-order valence-corrected chi connectivity index (χ1v) is 6.35. The van der Waals surface area contributed by atoms with Gasteiger partial charge >= 0.3 is 0 Å². The van der Waals surface area contributed by atoms with E-state index in [9.17, 15) is 4.79 Å². The first kappa shape index (κ1) is 12.7. The molecule has 90 valence electrons. The van der Waals surface area contributed by atoms with Crippen LogP contribution in [0, 0.1) is 6.92 Å². The second kappa shape index (κ2) is 5.74. The third-order valence-electron chi connectivity index (χ3n) is 2.48. The van der Waals surface area contributed by atoms with Gasteiger partial charge in [-0.05, 0) is 42.8 Å². The third kappa shape index (κ3) is 3.37. The van der Waals surface area contributed by atoms with Crippen LogP contribution >= 0.6 is 15.9 Å². The van der Waals surface area contributed by atoms with Gasteiger partial charge in [0.1, 0.15) is 0 Å². The van der Waals surface area contributed by atoms with Gasteiger partial charge in [-0.3, -0.25) is 9.78 Å². The highest BCUT2D eigenvalue weighted by atomic mass is 79.9. The lowest BCUT2D eigenvalue weighted by Crippen LogP contribution is -1.95. The van der Waals surface area contributed by atoms with Crippen LogP contribution in [0.2, 0.25) is 0 Å². The number of halogens is 1. The van der Waals surface area contributed by atoms with E-state index in [1.54, 1.807) is 24.4 Å². The number of pyridine rings is 1. The molecule has 18 heavy (non-hydrogen) atoms. The van der Waals surface area contributed by atoms with E-state index in [0.717, 1.165) is 15.7 Å². The van der Waals surface area contributed by atoms with Gasteiger partial charge < -0.3 is 0 Å². The van der Waals surface area contributed by atoms with Gasteiger partial charge in [-0.2, -0.15) is 0 Å². The molecule has 2 aromatic rings. The minimum Gasteiger partial charge on any atom is -0.289 e. The van der Waals surface area contributed by atoms with Crippen LogP contribution in [0.15, 0.2) is 53.1 Å². The van der Waals surface area contributed by atoms with E-state index in [-0.39, 0.29) is 5.78 Å². The highest BCUT2D eigenvalue weighted by Crippen LogP contribution is 2.12. The number of hydrogen-bond acceptors (Lipinski definition) is 2. The summed E-state index contributed by atoms with van der Waals surface area (Å²) < 4.78 is 1.02. The summed E-state index contributed by atoms with van der Waals surface area (Å²) in [6.07, 6.45) is 5.04. The molecule has 2 nitrogen and oxygen atoms in total. The van der Waals surface area contributed by atoms with Crippen LogP contribution in [0.4, 0.5) is 0 Å². The first-order valence-electron chi connectivity index (χ1n) is 5.56. The zero-order chi connectivity index (χ0) is 13.0. The van der Waals surface area contributed by atoms with Gasteiger partial charge in [-0.1, -0.05) is 34.1 Å². The standard InChI is InChI=1S/C15H12BrNO/c1-11-10-13(8-9-17-11)15(18)7-4-12-2-5-14(16)6-3-12/h2-10H,1H3. The van der Waals surface area contributed by atoms with Crippen LogP contribution in [0.3, 0.4) is 0 Å². The smallest absolute Gasteiger partial charge is 0.185 e. The summed E-state index contributed by atoms with van der Waals surface area (Å²) in [5.41, 5.74) is 2.51. The number of rotatable bonds is 3. The van der Waals surface area contributed by atoms with Gasteiger partial charge in [0.25, 0.3) is 0 Å². The van der Waals surface area contributed by atoms with Crippen LogP contribution < -0.4 is 0 Å². The molecule has 1 heterocycles. The van der Waals surface area contributed by atoms with E-state index in [4.69, 9.17) is 0 Å². The topological polar surface area (TPSA) is 30.0 Å². The van der Waals surface area contributed by atoms with E-state index in [1.165, 1.54) is 0 Å². The van der Waals surface area contributed by atoms with Crippen LogP contribution in [0.5, 0.6) is 0 Å². The summed E-state index contributed by atoms with van der Waals surface area (Å²) in [4.78, 5) is 16.0. The molecular weight excluding hydrogens is 290 g/mol. The van der Waals surface area contributed by atoms with Crippen molar-refractivity contribution in [3.05, 3.63) is 70.0 Å². The van der Waals surface area contributed by atoms with Gasteiger partial charge in [-0.15, -0.1) is 0 Å². The lowest BCUT2D eigenvalue weighted by atomic mass is 10.1. The van der Waals surface area contributed by atoms with Crippen LogP contribution in [-0.4, -0.2) is 10.8 Å². The normalized spacial score (nSPS) is 10.8. The Kier molecular flexibility index (Phi) is 4.05. The minimum absolute atomic E-state index is 0.0107. The van der Waals surface area contributed by atoms with E-state index >= 15 is 0 Å². The largest absolute Gasteiger partial charge is 0.289 e. The van der Waals surface area contributed by atoms with Crippen molar-refractivity contribution in [2.24, 2.45) is 0 Å². The van der Waals surface area contributed by atoms with Gasteiger partial charge in [0.05, 0.1) is 0 Å². The minimum atomic E-state index is -0.0107. The zero-order valence-corrected chi connectivity index (χ0v) is 11.5. The molecular formula is C15H12BrNO. The Morgan fingerprint density at radius 2 is 1.94 bits per heavy atom. The van der Waals surface area contributed by atoms with Crippen LogP contribution in [-0.2, 0) is 0 Å². The molecule has 0 aliphatic heterocycles. The predicted molar refractivity (Wildman–Crippen MR) is 76.5 cm³/mol. The van der Waals surface area contributed by atoms with E-state index in [2.05, 4.69) is 20.9 Å². The molecule has 0 saturated carbocycles. The van der Waals surface area contributed by atoms with Crippen LogP contribution in [0.25, 0.3) is 6.08 Å². The maximum Gasteiger partial charge on any atom is 0.185 e. The monoisotopic (exact) mass is 301 g/mol. The van der Waals surface area contributed by atoms with Crippen molar-refractivity contribution < 1.29 is 4.79 Å². The van der Waals surface area contributed by atoms with Crippen molar-refractivity contribution in [1.29, 1.82) is 0 Å². The molecule has 0 N–H and O–H groups in total. The van der Waals surface area contributed by atoms with Crippen molar-refractivity contribution >= 4 is 27.8 Å². The fourth-order valence-corrected chi connectivity index (χ4v) is 1.81. The highest BCUT2D eigenvalue weighted by molar-refractivity contribution is 9.10. The SMILES string of the molecule is Cc1cc(C(=O)C=Cc2ccc(Br)cc2)ccn1. The molecule has 0 saturated heterocycles. The lowest BCUT2D eigenvalue weighted by molar-refractivity contribution is 0.104. The first-order chi connectivity index (χ1) is 8.65. The number of hydrogen-bond donors (Lipinski definition) is 0. The number of carbonyl (C=O) groups excluding carboxylic acids is 1. The zero-order valence-electron chi connectivity index (χ0n) is 9.93. The number of carbonyl (C=O) groups is 1. The average Bonchev–Trinajstić information content (AvgIpc) is 2.38.